The van der Waals surface area contributed by atoms with Crippen LogP contribution < -0.4 is 0 Å². The van der Waals surface area contributed by atoms with Crippen molar-refractivity contribution < 1.29 is 9.90 Å². The van der Waals surface area contributed by atoms with Gasteiger partial charge in [-0.1, -0.05) is 43.7 Å². The number of aryl methyl sites for hydroxylation is 1. The van der Waals surface area contributed by atoms with Crippen LogP contribution in [0.15, 0.2) is 30.3 Å². The first-order valence-corrected chi connectivity index (χ1v) is 6.82. The Hall–Kier alpha value is -1.68. The van der Waals surface area contributed by atoms with Crippen molar-refractivity contribution in [1.82, 2.24) is 4.98 Å². The fourth-order valence-corrected chi connectivity index (χ4v) is 2.70. The molecular formula is C14H15NO2S. The average molecular weight is 261 g/mol. The zero-order valence-electron chi connectivity index (χ0n) is 10.2. The third kappa shape index (κ3) is 2.76. The van der Waals surface area contributed by atoms with E-state index in [0.29, 0.717) is 10.6 Å². The van der Waals surface area contributed by atoms with E-state index in [9.17, 15) is 9.90 Å². The molecule has 1 heterocycles. The van der Waals surface area contributed by atoms with E-state index < -0.39 is 5.97 Å². The van der Waals surface area contributed by atoms with Crippen LogP contribution >= 0.6 is 11.3 Å². The first-order chi connectivity index (χ1) is 8.72. The Kier molecular flexibility index (Phi) is 4.10. The molecule has 0 saturated carbocycles. The maximum absolute atomic E-state index is 11.3. The summed E-state index contributed by atoms with van der Waals surface area (Å²) in [4.78, 5) is 16.1. The second kappa shape index (κ2) is 5.78. The number of aromatic nitrogens is 1. The van der Waals surface area contributed by atoms with E-state index in [1.54, 1.807) is 0 Å². The molecule has 2 aromatic rings. The Balaban J connectivity index is 2.39. The molecule has 4 heteroatoms. The summed E-state index contributed by atoms with van der Waals surface area (Å²) in [6.45, 7) is 2.11. The van der Waals surface area contributed by atoms with E-state index in [1.807, 2.05) is 30.3 Å². The second-order valence-electron chi connectivity index (χ2n) is 4.06. The number of benzene rings is 1. The molecule has 0 bridgehead atoms. The van der Waals surface area contributed by atoms with Gasteiger partial charge in [-0.3, -0.25) is 0 Å². The van der Waals surface area contributed by atoms with E-state index in [0.717, 1.165) is 29.8 Å². The number of rotatable bonds is 5. The van der Waals surface area contributed by atoms with Crippen LogP contribution in [-0.2, 0) is 6.42 Å². The van der Waals surface area contributed by atoms with E-state index in [1.165, 1.54) is 11.3 Å². The highest BCUT2D eigenvalue weighted by Gasteiger charge is 2.18. The Labute approximate surface area is 110 Å². The molecule has 0 atom stereocenters. The molecule has 3 nitrogen and oxygen atoms in total. The number of hydrogen-bond donors (Lipinski definition) is 1. The van der Waals surface area contributed by atoms with Gasteiger partial charge < -0.3 is 5.11 Å². The molecule has 0 aliphatic rings. The smallest absolute Gasteiger partial charge is 0.348 e. The summed E-state index contributed by atoms with van der Waals surface area (Å²) in [5, 5.41) is 10.1. The quantitative estimate of drug-likeness (QED) is 0.889. The van der Waals surface area contributed by atoms with E-state index in [2.05, 4.69) is 11.9 Å². The number of nitrogens with zero attached hydrogens (tertiary/aromatic N) is 1. The monoisotopic (exact) mass is 261 g/mol. The fourth-order valence-electron chi connectivity index (χ4n) is 1.74. The number of thiazole rings is 1. The van der Waals surface area contributed by atoms with Crippen molar-refractivity contribution in [2.45, 2.75) is 26.2 Å². The molecule has 18 heavy (non-hydrogen) atoms. The molecule has 1 N–H and O–H groups in total. The summed E-state index contributed by atoms with van der Waals surface area (Å²) in [5.74, 6) is -0.894. The lowest BCUT2D eigenvalue weighted by Gasteiger charge is -1.97. The van der Waals surface area contributed by atoms with Crippen LogP contribution in [0.4, 0.5) is 0 Å². The van der Waals surface area contributed by atoms with Gasteiger partial charge in [-0.2, -0.15) is 0 Å². The summed E-state index contributed by atoms with van der Waals surface area (Å²) in [6, 6.07) is 9.49. The van der Waals surface area contributed by atoms with Crippen molar-refractivity contribution in [2.75, 3.05) is 0 Å². The van der Waals surface area contributed by atoms with Gasteiger partial charge in [0, 0.05) is 5.56 Å². The van der Waals surface area contributed by atoms with Crippen LogP contribution in [0.1, 0.15) is 34.4 Å². The molecule has 0 spiro atoms. The first-order valence-electron chi connectivity index (χ1n) is 6.00. The Morgan fingerprint density at radius 2 is 2.06 bits per heavy atom. The van der Waals surface area contributed by atoms with Crippen LogP contribution in [-0.4, -0.2) is 16.1 Å². The van der Waals surface area contributed by atoms with Crippen LogP contribution in [0.25, 0.3) is 11.3 Å². The van der Waals surface area contributed by atoms with Crippen molar-refractivity contribution in [3.05, 3.63) is 40.2 Å². The van der Waals surface area contributed by atoms with Crippen LogP contribution in [0, 0.1) is 0 Å². The lowest BCUT2D eigenvalue weighted by Crippen LogP contribution is -1.95. The largest absolute Gasteiger partial charge is 0.477 e. The maximum atomic E-state index is 11.3. The van der Waals surface area contributed by atoms with Gasteiger partial charge in [0.25, 0.3) is 0 Å². The van der Waals surface area contributed by atoms with E-state index in [4.69, 9.17) is 0 Å². The van der Waals surface area contributed by atoms with Gasteiger partial charge in [-0.25, -0.2) is 9.78 Å². The van der Waals surface area contributed by atoms with Gasteiger partial charge in [0.1, 0.15) is 4.88 Å². The lowest BCUT2D eigenvalue weighted by molar-refractivity contribution is 0.0702. The SMILES string of the molecule is CCCCc1nc(-c2ccccc2)c(C(=O)O)s1. The third-order valence-corrected chi connectivity index (χ3v) is 3.76. The van der Waals surface area contributed by atoms with Crippen molar-refractivity contribution in [3.63, 3.8) is 0 Å². The van der Waals surface area contributed by atoms with Crippen molar-refractivity contribution in [2.24, 2.45) is 0 Å². The van der Waals surface area contributed by atoms with Gasteiger partial charge >= 0.3 is 5.97 Å². The predicted molar refractivity (Wildman–Crippen MR) is 73.1 cm³/mol. The fraction of sp³-hybridized carbons (Fsp3) is 0.286. The number of carbonyl (C=O) groups is 1. The van der Waals surface area contributed by atoms with Gasteiger partial charge in [0.15, 0.2) is 0 Å². The zero-order valence-corrected chi connectivity index (χ0v) is 11.0. The predicted octanol–water partition coefficient (Wildman–Crippen LogP) is 3.85. The highest BCUT2D eigenvalue weighted by molar-refractivity contribution is 7.14. The van der Waals surface area contributed by atoms with Crippen LogP contribution in [0.5, 0.6) is 0 Å². The standard InChI is InChI=1S/C14H15NO2S/c1-2-3-9-11-15-12(13(18-11)14(16)17)10-7-5-4-6-8-10/h4-8H,2-3,9H2,1H3,(H,16,17). The minimum absolute atomic E-state index is 0.340. The number of carboxylic acids is 1. The Morgan fingerprint density at radius 1 is 1.33 bits per heavy atom. The number of hydrogen-bond acceptors (Lipinski definition) is 3. The number of carboxylic acid groups (broad SMARTS) is 1. The van der Waals surface area contributed by atoms with Gasteiger partial charge in [0.2, 0.25) is 0 Å². The van der Waals surface area contributed by atoms with Gasteiger partial charge in [-0.15, -0.1) is 11.3 Å². The number of aromatic carboxylic acids is 1. The second-order valence-corrected chi connectivity index (χ2v) is 5.14. The molecule has 0 aliphatic carbocycles. The molecular weight excluding hydrogens is 246 g/mol. The maximum Gasteiger partial charge on any atom is 0.348 e. The molecule has 94 valence electrons. The normalized spacial score (nSPS) is 10.5. The highest BCUT2D eigenvalue weighted by atomic mass is 32.1. The topological polar surface area (TPSA) is 50.2 Å². The van der Waals surface area contributed by atoms with Gasteiger partial charge in [-0.05, 0) is 12.8 Å². The summed E-state index contributed by atoms with van der Waals surface area (Å²) in [5.41, 5.74) is 1.47. The molecule has 0 amide bonds. The van der Waals surface area contributed by atoms with Crippen molar-refractivity contribution in [3.8, 4) is 11.3 Å². The van der Waals surface area contributed by atoms with E-state index >= 15 is 0 Å². The first kappa shape index (κ1) is 12.8. The van der Waals surface area contributed by atoms with Crippen LogP contribution in [0.3, 0.4) is 0 Å². The third-order valence-electron chi connectivity index (χ3n) is 2.66. The average Bonchev–Trinajstić information content (AvgIpc) is 2.82. The summed E-state index contributed by atoms with van der Waals surface area (Å²) in [6.07, 6.45) is 2.98. The molecule has 0 fully saturated rings. The summed E-state index contributed by atoms with van der Waals surface area (Å²) in [7, 11) is 0. The van der Waals surface area contributed by atoms with Gasteiger partial charge in [0.05, 0.1) is 10.7 Å². The molecule has 0 radical (unpaired) electrons. The molecule has 0 unspecified atom stereocenters. The Bertz CT molecular complexity index is 534. The minimum Gasteiger partial charge on any atom is -0.477 e. The summed E-state index contributed by atoms with van der Waals surface area (Å²) >= 11 is 1.29. The zero-order chi connectivity index (χ0) is 13.0. The Morgan fingerprint density at radius 3 is 2.67 bits per heavy atom. The molecule has 1 aromatic carbocycles. The lowest BCUT2D eigenvalue weighted by atomic mass is 10.1. The van der Waals surface area contributed by atoms with Crippen molar-refractivity contribution >= 4 is 17.3 Å². The summed E-state index contributed by atoms with van der Waals surface area (Å²) < 4.78 is 0. The minimum atomic E-state index is -0.894. The molecule has 0 aliphatic heterocycles. The molecule has 1 aromatic heterocycles. The molecule has 0 saturated heterocycles. The van der Waals surface area contributed by atoms with E-state index in [-0.39, 0.29) is 0 Å². The molecule has 2 rings (SSSR count). The highest BCUT2D eigenvalue weighted by Crippen LogP contribution is 2.28. The number of unbranched alkanes of at least 4 members (excludes halogenated alkanes) is 1. The van der Waals surface area contributed by atoms with Crippen LogP contribution in [0.2, 0.25) is 0 Å². The van der Waals surface area contributed by atoms with Crippen molar-refractivity contribution in [1.29, 1.82) is 0 Å².